The fraction of sp³-hybridized carbons (Fsp3) is 0.467. The Hall–Kier alpha value is -1.55. The summed E-state index contributed by atoms with van der Waals surface area (Å²) in [5, 5.41) is 3.23. The first kappa shape index (κ1) is 16.5. The predicted octanol–water partition coefficient (Wildman–Crippen LogP) is 3.32. The van der Waals surface area contributed by atoms with Gasteiger partial charge >= 0.3 is 0 Å². The molecule has 0 saturated carbocycles. The van der Waals surface area contributed by atoms with Gasteiger partial charge in [-0.2, -0.15) is 0 Å². The number of halogens is 1. The second-order valence-electron chi connectivity index (χ2n) is 4.62. The maximum Gasteiger partial charge on any atom is 0.233 e. The molecule has 0 aliphatic heterocycles. The lowest BCUT2D eigenvalue weighted by molar-refractivity contribution is -0.134. The number of rotatable bonds is 7. The number of anilines is 1. The molecule has 20 heavy (non-hydrogen) atoms. The highest BCUT2D eigenvalue weighted by Gasteiger charge is 2.16. The zero-order valence-corrected chi connectivity index (χ0v) is 12.7. The lowest BCUT2D eigenvalue weighted by Crippen LogP contribution is -2.35. The van der Waals surface area contributed by atoms with Crippen molar-refractivity contribution < 1.29 is 9.59 Å². The summed E-state index contributed by atoms with van der Waals surface area (Å²) in [5.41, 5.74) is 0.604. The van der Waals surface area contributed by atoms with E-state index in [4.69, 9.17) is 11.6 Å². The third-order valence-corrected chi connectivity index (χ3v) is 3.00. The first-order valence-electron chi connectivity index (χ1n) is 6.90. The van der Waals surface area contributed by atoms with E-state index < -0.39 is 0 Å². The van der Waals surface area contributed by atoms with Gasteiger partial charge < -0.3 is 10.2 Å². The predicted molar refractivity (Wildman–Crippen MR) is 81.9 cm³/mol. The Morgan fingerprint density at radius 1 is 1.20 bits per heavy atom. The lowest BCUT2D eigenvalue weighted by atomic mass is 10.2. The standard InChI is InChI=1S/C15H21ClN2O2/c1-3-8-18(9-4-2)15(20)11-14(19)17-13-7-5-6-12(16)10-13/h5-7,10H,3-4,8-9,11H2,1-2H3,(H,17,19). The van der Waals surface area contributed by atoms with Gasteiger partial charge in [-0.3, -0.25) is 9.59 Å². The largest absolute Gasteiger partial charge is 0.342 e. The van der Waals surface area contributed by atoms with Gasteiger partial charge in [-0.1, -0.05) is 31.5 Å². The van der Waals surface area contributed by atoms with Crippen LogP contribution in [-0.4, -0.2) is 29.8 Å². The van der Waals surface area contributed by atoms with Gasteiger partial charge in [0.2, 0.25) is 11.8 Å². The van der Waals surface area contributed by atoms with E-state index in [0.717, 1.165) is 12.8 Å². The molecule has 1 N–H and O–H groups in total. The highest BCUT2D eigenvalue weighted by Crippen LogP contribution is 2.15. The average molecular weight is 297 g/mol. The van der Waals surface area contributed by atoms with Gasteiger partial charge in [0.05, 0.1) is 0 Å². The highest BCUT2D eigenvalue weighted by atomic mass is 35.5. The van der Waals surface area contributed by atoms with Crippen molar-refractivity contribution in [2.75, 3.05) is 18.4 Å². The number of amides is 2. The summed E-state index contributed by atoms with van der Waals surface area (Å²) >= 11 is 5.84. The van der Waals surface area contributed by atoms with E-state index in [1.54, 1.807) is 29.2 Å². The molecule has 5 heteroatoms. The van der Waals surface area contributed by atoms with Crippen LogP contribution < -0.4 is 5.32 Å². The number of hydrogen-bond donors (Lipinski definition) is 1. The molecule has 0 unspecified atom stereocenters. The van der Waals surface area contributed by atoms with E-state index in [9.17, 15) is 9.59 Å². The second-order valence-corrected chi connectivity index (χ2v) is 5.05. The maximum absolute atomic E-state index is 12.0. The molecule has 110 valence electrons. The van der Waals surface area contributed by atoms with Crippen molar-refractivity contribution in [3.63, 3.8) is 0 Å². The number of nitrogens with one attached hydrogen (secondary N) is 1. The van der Waals surface area contributed by atoms with Gasteiger partial charge in [-0.05, 0) is 31.0 Å². The van der Waals surface area contributed by atoms with E-state index in [0.29, 0.717) is 23.8 Å². The van der Waals surface area contributed by atoms with Crippen molar-refractivity contribution >= 4 is 29.1 Å². The summed E-state index contributed by atoms with van der Waals surface area (Å²) in [5.74, 6) is -0.442. The quantitative estimate of drug-likeness (QED) is 0.785. The molecule has 0 aromatic heterocycles. The van der Waals surface area contributed by atoms with E-state index in [1.807, 2.05) is 13.8 Å². The fourth-order valence-electron chi connectivity index (χ4n) is 1.92. The van der Waals surface area contributed by atoms with Gasteiger partial charge in [-0.25, -0.2) is 0 Å². The van der Waals surface area contributed by atoms with Gasteiger partial charge in [0, 0.05) is 23.8 Å². The monoisotopic (exact) mass is 296 g/mol. The summed E-state index contributed by atoms with van der Waals surface area (Å²) in [7, 11) is 0. The molecule has 0 saturated heterocycles. The van der Waals surface area contributed by atoms with Crippen molar-refractivity contribution in [3.05, 3.63) is 29.3 Å². The third kappa shape index (κ3) is 5.61. The molecule has 0 spiro atoms. The minimum Gasteiger partial charge on any atom is -0.342 e. The highest BCUT2D eigenvalue weighted by molar-refractivity contribution is 6.30. The maximum atomic E-state index is 12.0. The summed E-state index contributed by atoms with van der Waals surface area (Å²) < 4.78 is 0. The molecule has 0 atom stereocenters. The molecular formula is C15H21ClN2O2. The number of carbonyl (C=O) groups excluding carboxylic acids is 2. The fourth-order valence-corrected chi connectivity index (χ4v) is 2.11. The van der Waals surface area contributed by atoms with Crippen LogP contribution in [0.4, 0.5) is 5.69 Å². The minimum atomic E-state index is -0.311. The van der Waals surface area contributed by atoms with Gasteiger partial charge in [-0.15, -0.1) is 0 Å². The number of benzene rings is 1. The molecule has 1 aromatic carbocycles. The van der Waals surface area contributed by atoms with Gasteiger partial charge in [0.1, 0.15) is 6.42 Å². The van der Waals surface area contributed by atoms with Crippen molar-refractivity contribution in [1.29, 1.82) is 0 Å². The molecular weight excluding hydrogens is 276 g/mol. The number of hydrogen-bond acceptors (Lipinski definition) is 2. The van der Waals surface area contributed by atoms with Crippen molar-refractivity contribution in [1.82, 2.24) is 4.90 Å². The molecule has 0 heterocycles. The van der Waals surface area contributed by atoms with E-state index in [-0.39, 0.29) is 18.2 Å². The Morgan fingerprint density at radius 2 is 1.85 bits per heavy atom. The van der Waals surface area contributed by atoms with Crippen molar-refractivity contribution in [2.45, 2.75) is 33.1 Å². The van der Waals surface area contributed by atoms with Crippen LogP contribution in [0, 0.1) is 0 Å². The van der Waals surface area contributed by atoms with Crippen LogP contribution in [0.2, 0.25) is 5.02 Å². The van der Waals surface area contributed by atoms with Crippen LogP contribution in [0.1, 0.15) is 33.1 Å². The van der Waals surface area contributed by atoms with E-state index in [1.165, 1.54) is 0 Å². The van der Waals surface area contributed by atoms with Crippen LogP contribution >= 0.6 is 11.6 Å². The van der Waals surface area contributed by atoms with Crippen molar-refractivity contribution in [3.8, 4) is 0 Å². The van der Waals surface area contributed by atoms with Crippen LogP contribution in [0.5, 0.6) is 0 Å². The number of nitrogens with zero attached hydrogens (tertiary/aromatic N) is 1. The molecule has 2 amide bonds. The molecule has 0 aliphatic carbocycles. The smallest absolute Gasteiger partial charge is 0.233 e. The zero-order chi connectivity index (χ0) is 15.0. The molecule has 1 aromatic rings. The van der Waals surface area contributed by atoms with Crippen LogP contribution in [0.15, 0.2) is 24.3 Å². The topological polar surface area (TPSA) is 49.4 Å². The van der Waals surface area contributed by atoms with Crippen molar-refractivity contribution in [2.24, 2.45) is 0 Å². The van der Waals surface area contributed by atoms with Crippen LogP contribution in [-0.2, 0) is 9.59 Å². The number of carbonyl (C=O) groups is 2. The Balaban J connectivity index is 2.54. The molecule has 4 nitrogen and oxygen atoms in total. The average Bonchev–Trinajstić information content (AvgIpc) is 2.38. The van der Waals surface area contributed by atoms with Gasteiger partial charge in [0.25, 0.3) is 0 Å². The summed E-state index contributed by atoms with van der Waals surface area (Å²) in [6, 6.07) is 6.87. The van der Waals surface area contributed by atoms with E-state index in [2.05, 4.69) is 5.32 Å². The molecule has 0 fully saturated rings. The minimum absolute atomic E-state index is 0.131. The molecule has 0 aliphatic rings. The third-order valence-electron chi connectivity index (χ3n) is 2.76. The first-order chi connectivity index (χ1) is 9.56. The SMILES string of the molecule is CCCN(CCC)C(=O)CC(=O)Nc1cccc(Cl)c1. The normalized spacial score (nSPS) is 10.2. The Labute approximate surface area is 125 Å². The summed E-state index contributed by atoms with van der Waals surface area (Å²) in [4.78, 5) is 25.6. The summed E-state index contributed by atoms with van der Waals surface area (Å²) in [6.45, 7) is 5.41. The Bertz CT molecular complexity index is 457. The van der Waals surface area contributed by atoms with Crippen LogP contribution in [0.25, 0.3) is 0 Å². The summed E-state index contributed by atoms with van der Waals surface area (Å²) in [6.07, 6.45) is 1.65. The first-order valence-corrected chi connectivity index (χ1v) is 7.27. The second kappa shape index (κ2) is 8.59. The van der Waals surface area contributed by atoms with Gasteiger partial charge in [0.15, 0.2) is 0 Å². The van der Waals surface area contributed by atoms with E-state index >= 15 is 0 Å². The molecule has 1 rings (SSSR count). The Kier molecular flexibility index (Phi) is 7.09. The zero-order valence-electron chi connectivity index (χ0n) is 12.0. The molecule has 0 radical (unpaired) electrons. The molecule has 0 bridgehead atoms. The lowest BCUT2D eigenvalue weighted by Gasteiger charge is -2.21. The van der Waals surface area contributed by atoms with Crippen LogP contribution in [0.3, 0.4) is 0 Å². The Morgan fingerprint density at radius 3 is 2.40 bits per heavy atom.